The topological polar surface area (TPSA) is 57.0 Å². The van der Waals surface area contributed by atoms with Crippen LogP contribution < -0.4 is 4.74 Å². The molecule has 0 aliphatic carbocycles. The Hall–Kier alpha value is -2.30. The van der Waals surface area contributed by atoms with Gasteiger partial charge in [-0.2, -0.15) is 0 Å². The first kappa shape index (κ1) is 13.1. The minimum Gasteiger partial charge on any atom is -0.465 e. The molecule has 0 radical (unpaired) electrons. The Balaban J connectivity index is 2.27. The SMILES string of the molecule is CC(=O)OCCc1cc(OC(C)=O)c2ccccn12. The van der Waals surface area contributed by atoms with Gasteiger partial charge in [0.2, 0.25) is 0 Å². The maximum atomic E-state index is 11.1. The van der Waals surface area contributed by atoms with Crippen molar-refractivity contribution in [3.63, 3.8) is 0 Å². The van der Waals surface area contributed by atoms with Crippen LogP contribution in [-0.4, -0.2) is 22.9 Å². The Labute approximate surface area is 110 Å². The fraction of sp³-hybridized carbons (Fsp3) is 0.286. The Morgan fingerprint density at radius 2 is 2.00 bits per heavy atom. The van der Waals surface area contributed by atoms with Gasteiger partial charge in [-0.15, -0.1) is 0 Å². The number of carbonyl (C=O) groups is 2. The number of ether oxygens (including phenoxy) is 2. The summed E-state index contributed by atoms with van der Waals surface area (Å²) >= 11 is 0. The molecule has 0 aliphatic rings. The lowest BCUT2D eigenvalue weighted by Crippen LogP contribution is -2.04. The standard InChI is InChI=1S/C14H15NO4/c1-10(16)18-8-6-12-9-14(19-11(2)17)13-5-3-4-7-15(12)13/h3-5,7,9H,6,8H2,1-2H3. The van der Waals surface area contributed by atoms with Crippen molar-refractivity contribution in [2.24, 2.45) is 0 Å². The summed E-state index contributed by atoms with van der Waals surface area (Å²) in [6, 6.07) is 7.42. The van der Waals surface area contributed by atoms with Gasteiger partial charge in [0.15, 0.2) is 5.75 Å². The lowest BCUT2D eigenvalue weighted by Gasteiger charge is -2.02. The molecule has 2 aromatic rings. The van der Waals surface area contributed by atoms with E-state index in [0.29, 0.717) is 18.8 Å². The van der Waals surface area contributed by atoms with Crippen LogP contribution in [0.4, 0.5) is 0 Å². The molecule has 0 amide bonds. The van der Waals surface area contributed by atoms with Crippen LogP contribution in [-0.2, 0) is 20.7 Å². The molecule has 2 aromatic heterocycles. The second kappa shape index (κ2) is 5.56. The van der Waals surface area contributed by atoms with E-state index >= 15 is 0 Å². The smallest absolute Gasteiger partial charge is 0.308 e. The maximum Gasteiger partial charge on any atom is 0.308 e. The molecule has 100 valence electrons. The first-order valence-electron chi connectivity index (χ1n) is 5.98. The summed E-state index contributed by atoms with van der Waals surface area (Å²) in [6.45, 7) is 3.04. The molecular weight excluding hydrogens is 246 g/mol. The molecule has 0 bridgehead atoms. The van der Waals surface area contributed by atoms with E-state index in [0.717, 1.165) is 11.2 Å². The van der Waals surface area contributed by atoms with Crippen molar-refractivity contribution in [3.05, 3.63) is 36.2 Å². The summed E-state index contributed by atoms with van der Waals surface area (Å²) in [5.74, 6) is -0.144. The van der Waals surface area contributed by atoms with Gasteiger partial charge in [-0.25, -0.2) is 0 Å². The van der Waals surface area contributed by atoms with Crippen LogP contribution >= 0.6 is 0 Å². The number of hydrogen-bond acceptors (Lipinski definition) is 4. The number of carbonyl (C=O) groups excluding carboxylic acids is 2. The van der Waals surface area contributed by atoms with Crippen molar-refractivity contribution in [1.82, 2.24) is 4.40 Å². The molecule has 0 saturated heterocycles. The van der Waals surface area contributed by atoms with Crippen molar-refractivity contribution in [2.45, 2.75) is 20.3 Å². The molecule has 0 spiro atoms. The molecule has 0 saturated carbocycles. The number of pyridine rings is 1. The highest BCUT2D eigenvalue weighted by Gasteiger charge is 2.11. The summed E-state index contributed by atoms with van der Waals surface area (Å²) in [6.07, 6.45) is 2.44. The van der Waals surface area contributed by atoms with Crippen molar-refractivity contribution < 1.29 is 19.1 Å². The summed E-state index contributed by atoms with van der Waals surface area (Å²) in [7, 11) is 0. The summed E-state index contributed by atoms with van der Waals surface area (Å²) < 4.78 is 12.0. The van der Waals surface area contributed by atoms with Crippen LogP contribution in [0.5, 0.6) is 5.75 Å². The molecule has 0 N–H and O–H groups in total. The van der Waals surface area contributed by atoms with E-state index < -0.39 is 0 Å². The molecule has 5 nitrogen and oxygen atoms in total. The van der Waals surface area contributed by atoms with Gasteiger partial charge in [-0.3, -0.25) is 9.59 Å². The number of fused-ring (bicyclic) bond motifs is 1. The largest absolute Gasteiger partial charge is 0.465 e. The molecule has 0 unspecified atom stereocenters. The fourth-order valence-corrected chi connectivity index (χ4v) is 1.92. The monoisotopic (exact) mass is 261 g/mol. The van der Waals surface area contributed by atoms with E-state index in [2.05, 4.69) is 0 Å². The van der Waals surface area contributed by atoms with Crippen LogP contribution in [0.2, 0.25) is 0 Å². The molecule has 5 heteroatoms. The quantitative estimate of drug-likeness (QED) is 0.789. The number of rotatable bonds is 4. The average molecular weight is 261 g/mol. The van der Waals surface area contributed by atoms with E-state index in [1.165, 1.54) is 13.8 Å². The van der Waals surface area contributed by atoms with E-state index in [1.54, 1.807) is 6.07 Å². The zero-order valence-corrected chi connectivity index (χ0v) is 10.9. The second-order valence-electron chi connectivity index (χ2n) is 4.14. The number of hydrogen-bond donors (Lipinski definition) is 0. The lowest BCUT2D eigenvalue weighted by atomic mass is 10.3. The van der Waals surface area contributed by atoms with Crippen LogP contribution in [0.25, 0.3) is 5.52 Å². The first-order chi connectivity index (χ1) is 9.08. The Morgan fingerprint density at radius 3 is 2.68 bits per heavy atom. The third kappa shape index (κ3) is 3.13. The number of esters is 2. The molecule has 0 fully saturated rings. The third-order valence-electron chi connectivity index (χ3n) is 2.64. The van der Waals surface area contributed by atoms with Crippen LogP contribution in [0.3, 0.4) is 0 Å². The van der Waals surface area contributed by atoms with Crippen molar-refractivity contribution in [1.29, 1.82) is 0 Å². The Morgan fingerprint density at radius 1 is 1.21 bits per heavy atom. The number of nitrogens with zero attached hydrogens (tertiary/aromatic N) is 1. The molecule has 2 heterocycles. The fourth-order valence-electron chi connectivity index (χ4n) is 1.92. The molecule has 0 atom stereocenters. The minimum absolute atomic E-state index is 0.301. The number of aromatic nitrogens is 1. The minimum atomic E-state index is -0.358. The Bertz CT molecular complexity index is 615. The van der Waals surface area contributed by atoms with Crippen LogP contribution in [0.15, 0.2) is 30.5 Å². The first-order valence-corrected chi connectivity index (χ1v) is 5.98. The van der Waals surface area contributed by atoms with Gasteiger partial charge < -0.3 is 13.9 Å². The van der Waals surface area contributed by atoms with Crippen LogP contribution in [0.1, 0.15) is 19.5 Å². The molecule has 2 rings (SSSR count). The van der Waals surface area contributed by atoms with Crippen molar-refractivity contribution in [3.8, 4) is 5.75 Å². The van der Waals surface area contributed by atoms with Gasteiger partial charge >= 0.3 is 11.9 Å². The van der Waals surface area contributed by atoms with E-state index in [1.807, 2.05) is 28.8 Å². The van der Waals surface area contributed by atoms with Crippen molar-refractivity contribution >= 4 is 17.5 Å². The zero-order chi connectivity index (χ0) is 13.8. The highest BCUT2D eigenvalue weighted by Crippen LogP contribution is 2.25. The van der Waals surface area contributed by atoms with E-state index in [9.17, 15) is 9.59 Å². The van der Waals surface area contributed by atoms with Crippen LogP contribution in [0, 0.1) is 0 Å². The highest BCUT2D eigenvalue weighted by atomic mass is 16.5. The van der Waals surface area contributed by atoms with E-state index in [-0.39, 0.29) is 11.9 Å². The maximum absolute atomic E-state index is 11.1. The summed E-state index contributed by atoms with van der Waals surface area (Å²) in [5, 5.41) is 0. The summed E-state index contributed by atoms with van der Waals surface area (Å²) in [4.78, 5) is 21.8. The van der Waals surface area contributed by atoms with Crippen molar-refractivity contribution in [2.75, 3.05) is 6.61 Å². The van der Waals surface area contributed by atoms with Gasteiger partial charge in [0, 0.05) is 38.2 Å². The average Bonchev–Trinajstić information content (AvgIpc) is 2.67. The molecule has 19 heavy (non-hydrogen) atoms. The van der Waals surface area contributed by atoms with E-state index in [4.69, 9.17) is 9.47 Å². The van der Waals surface area contributed by atoms with Gasteiger partial charge in [0.1, 0.15) is 0 Å². The van der Waals surface area contributed by atoms with Gasteiger partial charge in [0.05, 0.1) is 12.1 Å². The predicted molar refractivity (Wildman–Crippen MR) is 69.0 cm³/mol. The van der Waals surface area contributed by atoms with Gasteiger partial charge in [-0.1, -0.05) is 6.07 Å². The summed E-state index contributed by atoms with van der Waals surface area (Å²) in [5.41, 5.74) is 1.74. The van der Waals surface area contributed by atoms with Gasteiger partial charge in [-0.05, 0) is 12.1 Å². The van der Waals surface area contributed by atoms with Gasteiger partial charge in [0.25, 0.3) is 0 Å². The lowest BCUT2D eigenvalue weighted by molar-refractivity contribution is -0.140. The molecule has 0 aromatic carbocycles. The zero-order valence-electron chi connectivity index (χ0n) is 10.9. The third-order valence-corrected chi connectivity index (χ3v) is 2.64. The second-order valence-corrected chi connectivity index (χ2v) is 4.14. The predicted octanol–water partition coefficient (Wildman–Crippen LogP) is 1.97. The molecular formula is C14H15NO4. The highest BCUT2D eigenvalue weighted by molar-refractivity contribution is 5.74. The normalized spacial score (nSPS) is 10.4. The molecule has 0 aliphatic heterocycles. The Kier molecular flexibility index (Phi) is 3.85.